The first kappa shape index (κ1) is 12.0. The van der Waals surface area contributed by atoms with Crippen molar-refractivity contribution in [2.45, 2.75) is 13.0 Å². The zero-order chi connectivity index (χ0) is 13.1. The van der Waals surface area contributed by atoms with Crippen LogP contribution < -0.4 is 11.1 Å². The van der Waals surface area contributed by atoms with Crippen LogP contribution in [-0.2, 0) is 4.79 Å². The molecule has 0 aliphatic heterocycles. The molecule has 2 rings (SSSR count). The molecule has 1 unspecified atom stereocenters. The maximum atomic E-state index is 12.0. The van der Waals surface area contributed by atoms with Gasteiger partial charge in [-0.2, -0.15) is 0 Å². The molecule has 0 saturated heterocycles. The van der Waals surface area contributed by atoms with Crippen molar-refractivity contribution in [2.75, 3.05) is 0 Å². The van der Waals surface area contributed by atoms with Crippen LogP contribution in [0.2, 0.25) is 0 Å². The lowest BCUT2D eigenvalue weighted by atomic mass is 10.1. The molecule has 92 valence electrons. The summed E-state index contributed by atoms with van der Waals surface area (Å²) in [5.74, 6) is -0.901. The van der Waals surface area contributed by atoms with Crippen molar-refractivity contribution in [3.63, 3.8) is 0 Å². The molecule has 0 aliphatic rings. The van der Waals surface area contributed by atoms with Gasteiger partial charge in [-0.1, -0.05) is 18.2 Å². The number of para-hydroxylation sites is 1. The number of nitrogens with zero attached hydrogens (tertiary/aromatic N) is 1. The van der Waals surface area contributed by atoms with Gasteiger partial charge < -0.3 is 11.1 Å². The van der Waals surface area contributed by atoms with Gasteiger partial charge >= 0.3 is 0 Å². The molecule has 2 aromatic rings. The molecule has 1 atom stereocenters. The van der Waals surface area contributed by atoms with Crippen LogP contribution in [0.4, 0.5) is 0 Å². The molecule has 0 bridgehead atoms. The number of fused-ring (bicyclic) bond motifs is 1. The lowest BCUT2D eigenvalue weighted by molar-refractivity contribution is -0.119. The fourth-order valence-corrected chi connectivity index (χ4v) is 1.64. The summed E-state index contributed by atoms with van der Waals surface area (Å²) in [5, 5.41) is 3.29. The average Bonchev–Trinajstić information content (AvgIpc) is 2.37. The van der Waals surface area contributed by atoms with Gasteiger partial charge in [0.05, 0.1) is 11.1 Å². The Morgan fingerprint density at radius 2 is 2.00 bits per heavy atom. The quantitative estimate of drug-likeness (QED) is 0.837. The fourth-order valence-electron chi connectivity index (χ4n) is 1.64. The van der Waals surface area contributed by atoms with Crippen molar-refractivity contribution in [2.24, 2.45) is 5.73 Å². The number of benzene rings is 1. The Morgan fingerprint density at radius 3 is 2.72 bits per heavy atom. The highest BCUT2D eigenvalue weighted by molar-refractivity contribution is 6.07. The second-order valence-corrected chi connectivity index (χ2v) is 3.97. The molecule has 0 aliphatic carbocycles. The van der Waals surface area contributed by atoms with Gasteiger partial charge in [0, 0.05) is 11.6 Å². The minimum Gasteiger partial charge on any atom is -0.368 e. The van der Waals surface area contributed by atoms with Gasteiger partial charge in [-0.05, 0) is 19.1 Å². The Balaban J connectivity index is 2.36. The average molecular weight is 243 g/mol. The lowest BCUT2D eigenvalue weighted by Crippen LogP contribution is -2.42. The molecule has 1 aromatic carbocycles. The summed E-state index contributed by atoms with van der Waals surface area (Å²) in [4.78, 5) is 27.1. The van der Waals surface area contributed by atoms with Crippen molar-refractivity contribution in [3.8, 4) is 0 Å². The van der Waals surface area contributed by atoms with Crippen molar-refractivity contribution >= 4 is 22.7 Å². The third kappa shape index (κ3) is 2.29. The van der Waals surface area contributed by atoms with Crippen LogP contribution in [0.3, 0.4) is 0 Å². The van der Waals surface area contributed by atoms with E-state index < -0.39 is 11.9 Å². The Kier molecular flexibility index (Phi) is 3.23. The first-order valence-electron chi connectivity index (χ1n) is 5.53. The summed E-state index contributed by atoms with van der Waals surface area (Å²) in [7, 11) is 0. The summed E-state index contributed by atoms with van der Waals surface area (Å²) in [6, 6.07) is 8.23. The van der Waals surface area contributed by atoms with Gasteiger partial charge in [-0.25, -0.2) is 0 Å². The van der Waals surface area contributed by atoms with E-state index in [0.717, 1.165) is 10.9 Å². The molecular weight excluding hydrogens is 230 g/mol. The molecule has 1 heterocycles. The number of pyridine rings is 1. The number of aromatic nitrogens is 1. The standard InChI is InChI=1S/C13H13N3O2/c1-8(12(14)17)16-13(18)10-6-7-15-11-5-3-2-4-9(10)11/h2-8H,1H3,(H2,14,17)(H,16,18). The molecule has 0 spiro atoms. The Labute approximate surface area is 104 Å². The Hall–Kier alpha value is -2.43. The van der Waals surface area contributed by atoms with E-state index in [1.165, 1.54) is 0 Å². The number of hydrogen-bond donors (Lipinski definition) is 2. The predicted octanol–water partition coefficient (Wildman–Crippen LogP) is 0.838. The lowest BCUT2D eigenvalue weighted by Gasteiger charge is -2.11. The fraction of sp³-hybridized carbons (Fsp3) is 0.154. The Morgan fingerprint density at radius 1 is 1.28 bits per heavy atom. The van der Waals surface area contributed by atoms with E-state index >= 15 is 0 Å². The van der Waals surface area contributed by atoms with Gasteiger partial charge in [-0.15, -0.1) is 0 Å². The summed E-state index contributed by atoms with van der Waals surface area (Å²) < 4.78 is 0. The number of primary amides is 1. The van der Waals surface area contributed by atoms with Crippen molar-refractivity contribution in [3.05, 3.63) is 42.1 Å². The minimum atomic E-state index is -0.704. The van der Waals surface area contributed by atoms with Crippen LogP contribution in [0, 0.1) is 0 Å². The van der Waals surface area contributed by atoms with E-state index in [-0.39, 0.29) is 5.91 Å². The highest BCUT2D eigenvalue weighted by Gasteiger charge is 2.15. The second kappa shape index (κ2) is 4.83. The Bertz CT molecular complexity index is 605. The van der Waals surface area contributed by atoms with Gasteiger partial charge in [0.25, 0.3) is 5.91 Å². The second-order valence-electron chi connectivity index (χ2n) is 3.97. The van der Waals surface area contributed by atoms with E-state index in [2.05, 4.69) is 10.3 Å². The molecule has 0 radical (unpaired) electrons. The monoisotopic (exact) mass is 243 g/mol. The van der Waals surface area contributed by atoms with Crippen LogP contribution in [0.5, 0.6) is 0 Å². The van der Waals surface area contributed by atoms with Crippen LogP contribution in [0.25, 0.3) is 10.9 Å². The molecular formula is C13H13N3O2. The number of carbonyl (C=O) groups excluding carboxylic acids is 2. The number of nitrogens with one attached hydrogen (secondary N) is 1. The van der Waals surface area contributed by atoms with Crippen molar-refractivity contribution < 1.29 is 9.59 Å². The van der Waals surface area contributed by atoms with E-state index in [1.54, 1.807) is 19.2 Å². The maximum Gasteiger partial charge on any atom is 0.252 e. The zero-order valence-electron chi connectivity index (χ0n) is 9.88. The normalized spacial score (nSPS) is 12.1. The van der Waals surface area contributed by atoms with Gasteiger partial charge in [0.2, 0.25) is 5.91 Å². The maximum absolute atomic E-state index is 12.0. The van der Waals surface area contributed by atoms with Gasteiger partial charge in [0.15, 0.2) is 0 Å². The van der Waals surface area contributed by atoms with E-state index in [0.29, 0.717) is 5.56 Å². The van der Waals surface area contributed by atoms with Crippen LogP contribution in [0.15, 0.2) is 36.5 Å². The van der Waals surface area contributed by atoms with E-state index in [1.807, 2.05) is 24.3 Å². The van der Waals surface area contributed by atoms with Crippen LogP contribution in [0.1, 0.15) is 17.3 Å². The SMILES string of the molecule is CC(NC(=O)c1ccnc2ccccc12)C(N)=O. The van der Waals surface area contributed by atoms with E-state index in [4.69, 9.17) is 5.73 Å². The summed E-state index contributed by atoms with van der Waals surface area (Å²) >= 11 is 0. The third-order valence-electron chi connectivity index (χ3n) is 2.67. The first-order chi connectivity index (χ1) is 8.59. The summed E-state index contributed by atoms with van der Waals surface area (Å²) in [6.07, 6.45) is 1.56. The topological polar surface area (TPSA) is 85.1 Å². The largest absolute Gasteiger partial charge is 0.368 e. The van der Waals surface area contributed by atoms with E-state index in [9.17, 15) is 9.59 Å². The molecule has 1 aromatic heterocycles. The van der Waals surface area contributed by atoms with Crippen molar-refractivity contribution in [1.82, 2.24) is 10.3 Å². The molecule has 5 nitrogen and oxygen atoms in total. The molecule has 5 heteroatoms. The summed E-state index contributed by atoms with van der Waals surface area (Å²) in [5.41, 5.74) is 6.32. The molecule has 18 heavy (non-hydrogen) atoms. The highest BCUT2D eigenvalue weighted by atomic mass is 16.2. The number of hydrogen-bond acceptors (Lipinski definition) is 3. The van der Waals surface area contributed by atoms with Gasteiger partial charge in [-0.3, -0.25) is 14.6 Å². The zero-order valence-corrected chi connectivity index (χ0v) is 9.88. The predicted molar refractivity (Wildman–Crippen MR) is 67.9 cm³/mol. The first-order valence-corrected chi connectivity index (χ1v) is 5.53. The van der Waals surface area contributed by atoms with Crippen molar-refractivity contribution in [1.29, 1.82) is 0 Å². The number of amides is 2. The third-order valence-corrected chi connectivity index (χ3v) is 2.67. The minimum absolute atomic E-state index is 0.333. The van der Waals surface area contributed by atoms with Crippen LogP contribution >= 0.6 is 0 Å². The summed E-state index contributed by atoms with van der Waals surface area (Å²) in [6.45, 7) is 1.55. The number of nitrogens with two attached hydrogens (primary N) is 1. The molecule has 0 fully saturated rings. The van der Waals surface area contributed by atoms with Gasteiger partial charge in [0.1, 0.15) is 6.04 Å². The smallest absolute Gasteiger partial charge is 0.252 e. The molecule has 0 saturated carbocycles. The number of carbonyl (C=O) groups is 2. The highest BCUT2D eigenvalue weighted by Crippen LogP contribution is 2.15. The number of rotatable bonds is 3. The molecule has 3 N–H and O–H groups in total. The molecule has 2 amide bonds. The van der Waals surface area contributed by atoms with Crippen LogP contribution in [-0.4, -0.2) is 22.8 Å².